The largest absolute Gasteiger partial charge is 0.277 e. The number of fused-ring (bicyclic) bond motifs is 1. The highest BCUT2D eigenvalue weighted by Gasteiger charge is 2.27. The second-order valence-electron chi connectivity index (χ2n) is 6.75. The number of likely N-dealkylation sites (tertiary alicyclic amines) is 1. The van der Waals surface area contributed by atoms with Gasteiger partial charge in [-0.3, -0.25) is 10.00 Å². The number of piperidine rings is 1. The number of thiazole rings is 1. The fourth-order valence-corrected chi connectivity index (χ4v) is 5.63. The van der Waals surface area contributed by atoms with Gasteiger partial charge in [-0.05, 0) is 48.6 Å². The van der Waals surface area contributed by atoms with Crippen LogP contribution in [0.3, 0.4) is 0 Å². The fourth-order valence-electron chi connectivity index (χ4n) is 3.63. The third kappa shape index (κ3) is 3.38. The summed E-state index contributed by atoms with van der Waals surface area (Å²) < 4.78 is 3.85. The molecule has 4 heterocycles. The van der Waals surface area contributed by atoms with Crippen molar-refractivity contribution in [3.05, 3.63) is 51.6 Å². The second kappa shape index (κ2) is 7.27. The molecule has 1 aliphatic rings. The molecule has 1 fully saturated rings. The van der Waals surface area contributed by atoms with Crippen molar-refractivity contribution in [1.82, 2.24) is 24.6 Å². The van der Waals surface area contributed by atoms with Gasteiger partial charge in [0.25, 0.3) is 0 Å². The average Bonchev–Trinajstić information content (AvgIpc) is 3.42. The van der Waals surface area contributed by atoms with Crippen LogP contribution in [0.15, 0.2) is 41.8 Å². The van der Waals surface area contributed by atoms with E-state index in [0.717, 1.165) is 35.9 Å². The molecule has 1 N–H and O–H groups in total. The lowest BCUT2D eigenvalue weighted by atomic mass is 10.0. The molecule has 27 heavy (non-hydrogen) atoms. The summed E-state index contributed by atoms with van der Waals surface area (Å²) in [5.74, 6) is 0.851. The number of rotatable bonds is 4. The summed E-state index contributed by atoms with van der Waals surface area (Å²) in [7, 11) is 0. The van der Waals surface area contributed by atoms with Crippen molar-refractivity contribution in [2.24, 2.45) is 0 Å². The van der Waals surface area contributed by atoms with E-state index in [1.54, 1.807) is 11.3 Å². The Bertz CT molecular complexity index is 1070. The molecule has 5 nitrogen and oxygen atoms in total. The summed E-state index contributed by atoms with van der Waals surface area (Å²) in [5.41, 5.74) is 1.10. The third-order valence-corrected chi connectivity index (χ3v) is 7.29. The summed E-state index contributed by atoms with van der Waals surface area (Å²) in [5, 5.41) is 6.65. The molecular formula is C19H19N5S3. The van der Waals surface area contributed by atoms with Crippen molar-refractivity contribution in [3.63, 3.8) is 0 Å². The quantitative estimate of drug-likeness (QED) is 0.451. The molecule has 4 aromatic rings. The molecular weight excluding hydrogens is 394 g/mol. The monoisotopic (exact) mass is 413 g/mol. The Morgan fingerprint density at radius 2 is 2.07 bits per heavy atom. The smallest absolute Gasteiger partial charge is 0.217 e. The Kier molecular flexibility index (Phi) is 4.65. The van der Waals surface area contributed by atoms with Crippen LogP contribution in [-0.2, 0) is 6.67 Å². The Labute approximate surface area is 170 Å². The maximum absolute atomic E-state index is 5.51. The van der Waals surface area contributed by atoms with E-state index in [9.17, 15) is 0 Å². The van der Waals surface area contributed by atoms with Crippen molar-refractivity contribution in [3.8, 4) is 10.7 Å². The first kappa shape index (κ1) is 17.2. The van der Waals surface area contributed by atoms with Crippen LogP contribution < -0.4 is 0 Å². The second-order valence-corrected chi connectivity index (χ2v) is 9.12. The van der Waals surface area contributed by atoms with E-state index in [0.29, 0.717) is 10.8 Å². The first-order chi connectivity index (χ1) is 13.3. The van der Waals surface area contributed by atoms with Crippen molar-refractivity contribution < 1.29 is 0 Å². The van der Waals surface area contributed by atoms with Crippen LogP contribution in [0.4, 0.5) is 0 Å². The van der Waals surface area contributed by atoms with Crippen LogP contribution in [-0.4, -0.2) is 31.2 Å². The number of nitrogens with one attached hydrogen (secondary N) is 1. The minimum absolute atomic E-state index is 0.339. The molecule has 0 radical (unpaired) electrons. The van der Waals surface area contributed by atoms with Gasteiger partial charge in [0.2, 0.25) is 4.77 Å². The molecule has 8 heteroatoms. The number of hydrogen-bond donors (Lipinski definition) is 1. The molecule has 0 bridgehead atoms. The van der Waals surface area contributed by atoms with Gasteiger partial charge in [-0.25, -0.2) is 9.67 Å². The number of aromatic nitrogens is 4. The van der Waals surface area contributed by atoms with Gasteiger partial charge < -0.3 is 0 Å². The van der Waals surface area contributed by atoms with Crippen LogP contribution in [0.5, 0.6) is 0 Å². The highest BCUT2D eigenvalue weighted by molar-refractivity contribution is 7.71. The Morgan fingerprint density at radius 3 is 2.93 bits per heavy atom. The molecule has 1 saturated heterocycles. The summed E-state index contributed by atoms with van der Waals surface area (Å²) in [6.45, 7) is 1.77. The summed E-state index contributed by atoms with van der Waals surface area (Å²) >= 11 is 8.99. The average molecular weight is 414 g/mol. The Balaban J connectivity index is 1.43. The highest BCUT2D eigenvalue weighted by atomic mass is 32.1. The van der Waals surface area contributed by atoms with Crippen molar-refractivity contribution in [1.29, 1.82) is 0 Å². The minimum Gasteiger partial charge on any atom is -0.277 e. The van der Waals surface area contributed by atoms with E-state index in [1.165, 1.54) is 22.5 Å². The standard InChI is InChI=1S/C19H19N5S3/c25-19-21-17(16-9-5-11-26-16)22-24(19)12-23-10-4-3-7-14(23)18-20-13-6-1-2-8-15(13)27-18/h1-2,5-6,8-9,11,14H,3-4,7,10,12H2,(H,21,22,25)/t14-/m1/s1. The van der Waals surface area contributed by atoms with Gasteiger partial charge >= 0.3 is 0 Å². The van der Waals surface area contributed by atoms with Gasteiger partial charge in [0.05, 0.1) is 27.8 Å². The number of para-hydroxylation sites is 1. The van der Waals surface area contributed by atoms with Crippen LogP contribution in [0.2, 0.25) is 0 Å². The van der Waals surface area contributed by atoms with Gasteiger partial charge in [-0.2, -0.15) is 4.98 Å². The molecule has 0 spiro atoms. The Hall–Kier alpha value is -1.87. The first-order valence-electron chi connectivity index (χ1n) is 9.08. The topological polar surface area (TPSA) is 49.7 Å². The zero-order valence-corrected chi connectivity index (χ0v) is 17.1. The predicted octanol–water partition coefficient (Wildman–Crippen LogP) is 5.46. The number of benzene rings is 1. The van der Waals surface area contributed by atoms with E-state index >= 15 is 0 Å². The number of hydrogen-bond acceptors (Lipinski definition) is 6. The third-order valence-electron chi connectivity index (χ3n) is 4.97. The molecule has 0 aliphatic carbocycles. The zero-order valence-electron chi connectivity index (χ0n) is 14.7. The summed E-state index contributed by atoms with van der Waals surface area (Å²) in [6.07, 6.45) is 3.59. The predicted molar refractivity (Wildman–Crippen MR) is 114 cm³/mol. The van der Waals surface area contributed by atoms with Crippen LogP contribution in [0.25, 0.3) is 20.9 Å². The Morgan fingerprint density at radius 1 is 1.15 bits per heavy atom. The van der Waals surface area contributed by atoms with E-state index < -0.39 is 0 Å². The van der Waals surface area contributed by atoms with Gasteiger partial charge in [-0.1, -0.05) is 24.6 Å². The lowest BCUT2D eigenvalue weighted by molar-refractivity contribution is 0.103. The summed E-state index contributed by atoms with van der Waals surface area (Å²) in [6, 6.07) is 12.8. The first-order valence-corrected chi connectivity index (χ1v) is 11.2. The van der Waals surface area contributed by atoms with E-state index in [4.69, 9.17) is 17.2 Å². The SMILES string of the molecule is S=c1nc(-c2cccs2)[nH]n1CN1CCCC[C@@H]1c1nc2ccccc2s1. The van der Waals surface area contributed by atoms with E-state index in [2.05, 4.69) is 50.7 Å². The summed E-state index contributed by atoms with van der Waals surface area (Å²) in [4.78, 5) is 13.0. The van der Waals surface area contributed by atoms with Crippen LogP contribution in [0.1, 0.15) is 30.3 Å². The maximum Gasteiger partial charge on any atom is 0.217 e. The van der Waals surface area contributed by atoms with Crippen molar-refractivity contribution in [2.45, 2.75) is 32.0 Å². The van der Waals surface area contributed by atoms with Crippen molar-refractivity contribution >= 4 is 45.1 Å². The molecule has 1 aromatic carbocycles. The number of H-pyrrole nitrogens is 1. The fraction of sp³-hybridized carbons (Fsp3) is 0.316. The van der Waals surface area contributed by atoms with Gasteiger partial charge in [-0.15, -0.1) is 22.7 Å². The van der Waals surface area contributed by atoms with E-state index in [-0.39, 0.29) is 0 Å². The van der Waals surface area contributed by atoms with Gasteiger partial charge in [0, 0.05) is 6.54 Å². The normalized spacial score (nSPS) is 18.3. The molecule has 0 unspecified atom stereocenters. The van der Waals surface area contributed by atoms with Crippen molar-refractivity contribution in [2.75, 3.05) is 6.54 Å². The molecule has 1 atom stereocenters. The number of aromatic amines is 1. The van der Waals surface area contributed by atoms with Crippen LogP contribution in [0, 0.1) is 4.77 Å². The number of thiophene rings is 1. The molecule has 3 aromatic heterocycles. The number of nitrogens with zero attached hydrogens (tertiary/aromatic N) is 4. The minimum atomic E-state index is 0.339. The molecule has 1 aliphatic heterocycles. The van der Waals surface area contributed by atoms with E-state index in [1.807, 2.05) is 22.1 Å². The van der Waals surface area contributed by atoms with Crippen LogP contribution >= 0.6 is 34.9 Å². The molecule has 0 saturated carbocycles. The maximum atomic E-state index is 5.51. The lowest BCUT2D eigenvalue weighted by Gasteiger charge is -2.34. The highest BCUT2D eigenvalue weighted by Crippen LogP contribution is 2.36. The van der Waals surface area contributed by atoms with Gasteiger partial charge in [0.1, 0.15) is 5.01 Å². The zero-order chi connectivity index (χ0) is 18.2. The molecule has 0 amide bonds. The molecule has 5 rings (SSSR count). The molecule has 138 valence electrons. The lowest BCUT2D eigenvalue weighted by Crippen LogP contribution is -2.35. The van der Waals surface area contributed by atoms with Gasteiger partial charge in [0.15, 0.2) is 5.82 Å².